The van der Waals surface area contributed by atoms with Crippen molar-refractivity contribution in [2.24, 2.45) is 0 Å². The molecule has 0 aliphatic carbocycles. The van der Waals surface area contributed by atoms with Gasteiger partial charge in [-0.05, 0) is 36.8 Å². The number of hydrogen-bond donors (Lipinski definition) is 1. The minimum absolute atomic E-state index is 0.166. The first kappa shape index (κ1) is 14.5. The van der Waals surface area contributed by atoms with Crippen LogP contribution >= 0.6 is 15.9 Å². The van der Waals surface area contributed by atoms with Gasteiger partial charge < -0.3 is 5.32 Å². The van der Waals surface area contributed by atoms with E-state index in [2.05, 4.69) is 21.2 Å². The first-order chi connectivity index (χ1) is 9.56. The topological polar surface area (TPSA) is 29.1 Å². The summed E-state index contributed by atoms with van der Waals surface area (Å²) in [7, 11) is 0. The van der Waals surface area contributed by atoms with E-state index < -0.39 is 5.82 Å². The quantitative estimate of drug-likeness (QED) is 0.815. The highest BCUT2D eigenvalue weighted by Gasteiger charge is 2.09. The molecule has 0 aliphatic heterocycles. The highest BCUT2D eigenvalue weighted by Crippen LogP contribution is 2.20. The lowest BCUT2D eigenvalue weighted by Crippen LogP contribution is -2.13. The fourth-order valence-electron chi connectivity index (χ4n) is 1.68. The van der Waals surface area contributed by atoms with Gasteiger partial charge in [0.05, 0.1) is 5.69 Å². The monoisotopic (exact) mass is 333 g/mol. The minimum atomic E-state index is -0.472. The predicted octanol–water partition coefficient (Wildman–Crippen LogP) is 4.63. The van der Waals surface area contributed by atoms with Crippen molar-refractivity contribution in [1.29, 1.82) is 0 Å². The molecule has 0 spiro atoms. The largest absolute Gasteiger partial charge is 0.320 e. The second kappa shape index (κ2) is 6.48. The lowest BCUT2D eigenvalue weighted by atomic mass is 10.1. The van der Waals surface area contributed by atoms with Crippen LogP contribution in [0.25, 0.3) is 6.08 Å². The van der Waals surface area contributed by atoms with E-state index >= 15 is 0 Å². The fourth-order valence-corrected chi connectivity index (χ4v) is 2.01. The van der Waals surface area contributed by atoms with Gasteiger partial charge in [-0.2, -0.15) is 0 Å². The molecule has 0 atom stereocenters. The molecule has 1 amide bonds. The molecular weight excluding hydrogens is 321 g/mol. The van der Waals surface area contributed by atoms with E-state index in [-0.39, 0.29) is 11.6 Å². The highest BCUT2D eigenvalue weighted by atomic mass is 79.9. The van der Waals surface area contributed by atoms with Crippen molar-refractivity contribution in [3.05, 3.63) is 70.0 Å². The highest BCUT2D eigenvalue weighted by molar-refractivity contribution is 9.10. The molecule has 0 aromatic heterocycles. The number of benzene rings is 2. The van der Waals surface area contributed by atoms with Gasteiger partial charge in [0.15, 0.2) is 0 Å². The normalized spacial score (nSPS) is 11.2. The summed E-state index contributed by atoms with van der Waals surface area (Å²) in [6.07, 6.45) is 1.76. The molecule has 2 nitrogen and oxygen atoms in total. The zero-order chi connectivity index (χ0) is 14.5. The van der Waals surface area contributed by atoms with Gasteiger partial charge in [-0.15, -0.1) is 0 Å². The van der Waals surface area contributed by atoms with Crippen molar-refractivity contribution in [3.8, 4) is 0 Å². The van der Waals surface area contributed by atoms with Gasteiger partial charge in [0.25, 0.3) is 5.91 Å². The van der Waals surface area contributed by atoms with E-state index in [4.69, 9.17) is 0 Å². The Kier molecular flexibility index (Phi) is 4.69. The van der Waals surface area contributed by atoms with Gasteiger partial charge in [-0.3, -0.25) is 4.79 Å². The third kappa shape index (κ3) is 3.78. The first-order valence-corrected chi connectivity index (χ1v) is 6.85. The van der Waals surface area contributed by atoms with Crippen LogP contribution in [0.15, 0.2) is 58.6 Å². The molecule has 0 heterocycles. The number of nitrogens with one attached hydrogen (secondary N) is 1. The van der Waals surface area contributed by atoms with E-state index in [0.717, 1.165) is 5.56 Å². The van der Waals surface area contributed by atoms with Crippen LogP contribution in [0.5, 0.6) is 0 Å². The second-order valence-corrected chi connectivity index (χ2v) is 5.23. The number of carbonyl (C=O) groups excluding carboxylic acids is 1. The van der Waals surface area contributed by atoms with Crippen molar-refractivity contribution in [3.63, 3.8) is 0 Å². The number of carbonyl (C=O) groups is 1. The van der Waals surface area contributed by atoms with Crippen molar-refractivity contribution >= 4 is 33.6 Å². The Bertz CT molecular complexity index is 653. The number of rotatable bonds is 3. The molecule has 2 rings (SSSR count). The summed E-state index contributed by atoms with van der Waals surface area (Å²) in [4.78, 5) is 12.0. The first-order valence-electron chi connectivity index (χ1n) is 6.06. The number of anilines is 1. The lowest BCUT2D eigenvalue weighted by molar-refractivity contribution is -0.112. The van der Waals surface area contributed by atoms with Gasteiger partial charge in [0.2, 0.25) is 0 Å². The minimum Gasteiger partial charge on any atom is -0.320 e. The Balaban J connectivity index is 2.14. The summed E-state index contributed by atoms with van der Waals surface area (Å²) in [6.45, 7) is 1.69. The number of halogens is 2. The summed E-state index contributed by atoms with van der Waals surface area (Å²) >= 11 is 3.17. The number of hydrogen-bond acceptors (Lipinski definition) is 1. The summed E-state index contributed by atoms with van der Waals surface area (Å²) in [5.74, 6) is -0.796. The van der Waals surface area contributed by atoms with Crippen molar-refractivity contribution in [1.82, 2.24) is 0 Å². The van der Waals surface area contributed by atoms with Gasteiger partial charge in [-0.25, -0.2) is 4.39 Å². The Hall–Kier alpha value is -1.94. The molecule has 2 aromatic carbocycles. The van der Waals surface area contributed by atoms with Crippen molar-refractivity contribution < 1.29 is 9.18 Å². The Morgan fingerprint density at radius 1 is 1.20 bits per heavy atom. The molecule has 1 N–H and O–H groups in total. The molecule has 0 radical (unpaired) electrons. The molecule has 0 saturated heterocycles. The zero-order valence-electron chi connectivity index (χ0n) is 10.9. The van der Waals surface area contributed by atoms with Crippen LogP contribution in [0.2, 0.25) is 0 Å². The van der Waals surface area contributed by atoms with Crippen LogP contribution in [0.1, 0.15) is 12.5 Å². The summed E-state index contributed by atoms with van der Waals surface area (Å²) in [5, 5.41) is 2.55. The molecule has 0 unspecified atom stereocenters. The smallest absolute Gasteiger partial charge is 0.251 e. The average Bonchev–Trinajstić information content (AvgIpc) is 2.43. The van der Waals surface area contributed by atoms with Crippen LogP contribution in [-0.4, -0.2) is 5.91 Å². The molecular formula is C16H13BrFNO. The van der Waals surface area contributed by atoms with Crippen LogP contribution in [0, 0.1) is 5.82 Å². The van der Waals surface area contributed by atoms with Crippen LogP contribution in [0.4, 0.5) is 10.1 Å². The Morgan fingerprint density at radius 2 is 1.90 bits per heavy atom. The standard InChI is InChI=1S/C16H13BrFNO/c1-11(9-12-5-3-2-4-6-12)16(20)19-15-8-7-13(17)10-14(15)18/h2-10H,1H3,(H,19,20)/b11-9+. The Labute approximate surface area is 125 Å². The maximum absolute atomic E-state index is 13.6. The summed E-state index contributed by atoms with van der Waals surface area (Å²) < 4.78 is 14.3. The summed E-state index contributed by atoms with van der Waals surface area (Å²) in [5.41, 5.74) is 1.61. The van der Waals surface area contributed by atoms with Gasteiger partial charge in [-0.1, -0.05) is 46.3 Å². The average molecular weight is 334 g/mol. The van der Waals surface area contributed by atoms with Crippen molar-refractivity contribution in [2.45, 2.75) is 6.92 Å². The molecule has 0 fully saturated rings. The van der Waals surface area contributed by atoms with Gasteiger partial charge >= 0.3 is 0 Å². The molecule has 4 heteroatoms. The Morgan fingerprint density at radius 3 is 2.55 bits per heavy atom. The molecule has 102 valence electrons. The van der Waals surface area contributed by atoms with E-state index in [1.165, 1.54) is 12.1 Å². The van der Waals surface area contributed by atoms with Gasteiger partial charge in [0.1, 0.15) is 5.82 Å². The predicted molar refractivity (Wildman–Crippen MR) is 82.8 cm³/mol. The SMILES string of the molecule is C/C(=C\c1ccccc1)C(=O)Nc1ccc(Br)cc1F. The van der Waals surface area contributed by atoms with E-state index in [9.17, 15) is 9.18 Å². The molecule has 0 aliphatic rings. The van der Waals surface area contributed by atoms with Gasteiger partial charge in [0, 0.05) is 10.0 Å². The van der Waals surface area contributed by atoms with Crippen molar-refractivity contribution in [2.75, 3.05) is 5.32 Å². The van der Waals surface area contributed by atoms with Crippen LogP contribution in [-0.2, 0) is 4.79 Å². The zero-order valence-corrected chi connectivity index (χ0v) is 12.4. The van der Waals surface area contributed by atoms with E-state index in [1.807, 2.05) is 30.3 Å². The fraction of sp³-hybridized carbons (Fsp3) is 0.0625. The van der Waals surface area contributed by atoms with E-state index in [1.54, 1.807) is 19.1 Å². The maximum atomic E-state index is 13.6. The third-order valence-corrected chi connectivity index (χ3v) is 3.21. The number of amides is 1. The molecule has 0 saturated carbocycles. The third-order valence-electron chi connectivity index (χ3n) is 2.72. The van der Waals surface area contributed by atoms with E-state index in [0.29, 0.717) is 10.0 Å². The molecule has 20 heavy (non-hydrogen) atoms. The summed E-state index contributed by atoms with van der Waals surface area (Å²) in [6, 6.07) is 14.0. The maximum Gasteiger partial charge on any atom is 0.251 e. The van der Waals surface area contributed by atoms with Crippen LogP contribution in [0.3, 0.4) is 0 Å². The second-order valence-electron chi connectivity index (χ2n) is 4.32. The molecule has 2 aromatic rings. The molecule has 0 bridgehead atoms. The lowest BCUT2D eigenvalue weighted by Gasteiger charge is -2.07. The van der Waals surface area contributed by atoms with Crippen LogP contribution < -0.4 is 5.32 Å².